The highest BCUT2D eigenvalue weighted by molar-refractivity contribution is 5.85. The van der Waals surface area contributed by atoms with E-state index in [-0.39, 0.29) is 23.9 Å². The first-order chi connectivity index (χ1) is 14.1. The highest BCUT2D eigenvalue weighted by Gasteiger charge is 2.43. The average Bonchev–Trinajstić information content (AvgIpc) is 3.31. The summed E-state index contributed by atoms with van der Waals surface area (Å²) in [6.45, 7) is 0.470. The maximum Gasteiger partial charge on any atom is 0.416 e. The molecule has 1 saturated heterocycles. The summed E-state index contributed by atoms with van der Waals surface area (Å²) in [6, 6.07) is 8.64. The van der Waals surface area contributed by atoms with Gasteiger partial charge >= 0.3 is 12.4 Å². The SMILES string of the molecule is FC(F)(F)c1cc(N[C@H]2c3cccc4ccn(c34)[C@H]3OCC[C@@H]23)cc(C(F)(F)F)c1. The van der Waals surface area contributed by atoms with E-state index in [9.17, 15) is 26.3 Å². The minimum absolute atomic E-state index is 0.126. The molecule has 3 nitrogen and oxygen atoms in total. The molecular weight excluding hydrogens is 410 g/mol. The zero-order chi connectivity index (χ0) is 21.3. The van der Waals surface area contributed by atoms with Crippen LogP contribution in [0.3, 0.4) is 0 Å². The molecule has 9 heteroatoms. The first kappa shape index (κ1) is 19.3. The summed E-state index contributed by atoms with van der Waals surface area (Å²) in [5.74, 6) is -0.126. The van der Waals surface area contributed by atoms with Crippen LogP contribution in [0, 0.1) is 5.92 Å². The number of para-hydroxylation sites is 1. The van der Waals surface area contributed by atoms with Crippen LogP contribution in [0.25, 0.3) is 10.9 Å². The molecule has 0 bridgehead atoms. The molecule has 5 rings (SSSR count). The number of anilines is 1. The van der Waals surface area contributed by atoms with Crippen molar-refractivity contribution in [3.05, 3.63) is 65.4 Å². The van der Waals surface area contributed by atoms with Gasteiger partial charge in [-0.05, 0) is 36.2 Å². The van der Waals surface area contributed by atoms with Gasteiger partial charge in [-0.1, -0.05) is 18.2 Å². The first-order valence-electron chi connectivity index (χ1n) is 9.40. The Morgan fingerprint density at radius 3 is 2.30 bits per heavy atom. The summed E-state index contributed by atoms with van der Waals surface area (Å²) in [6.07, 6.45) is -7.56. The van der Waals surface area contributed by atoms with Crippen LogP contribution in [0.2, 0.25) is 0 Å². The third kappa shape index (κ3) is 3.03. The third-order valence-corrected chi connectivity index (χ3v) is 5.82. The van der Waals surface area contributed by atoms with Crippen molar-refractivity contribution in [2.75, 3.05) is 11.9 Å². The molecule has 30 heavy (non-hydrogen) atoms. The second-order valence-electron chi connectivity index (χ2n) is 7.64. The molecule has 0 radical (unpaired) electrons. The van der Waals surface area contributed by atoms with Crippen molar-refractivity contribution >= 4 is 16.6 Å². The quantitative estimate of drug-likeness (QED) is 0.481. The Hall–Kier alpha value is -2.68. The number of hydrogen-bond acceptors (Lipinski definition) is 2. The van der Waals surface area contributed by atoms with Crippen LogP contribution in [0.15, 0.2) is 48.7 Å². The second-order valence-corrected chi connectivity index (χ2v) is 7.64. The van der Waals surface area contributed by atoms with E-state index in [1.165, 1.54) is 0 Å². The Morgan fingerprint density at radius 1 is 0.933 bits per heavy atom. The number of hydrogen-bond donors (Lipinski definition) is 1. The van der Waals surface area contributed by atoms with Gasteiger partial charge in [-0.15, -0.1) is 0 Å². The standard InChI is InChI=1S/C21H16F6N2O/c22-20(23,24)12-8-13(21(25,26)27)10-14(9-12)28-17-15-3-1-2-11-4-6-29(18(11)15)19-16(17)5-7-30-19/h1-4,6,8-10,16-17,19,28H,5,7H2/t16-,17-,19-/m0/s1. The van der Waals surface area contributed by atoms with Gasteiger partial charge in [-0.2, -0.15) is 26.3 Å². The van der Waals surface area contributed by atoms with Crippen molar-refractivity contribution in [2.45, 2.75) is 31.0 Å². The van der Waals surface area contributed by atoms with Crippen LogP contribution < -0.4 is 5.32 Å². The number of nitrogens with one attached hydrogen (secondary N) is 1. The van der Waals surface area contributed by atoms with E-state index >= 15 is 0 Å². The fraction of sp³-hybridized carbons (Fsp3) is 0.333. The van der Waals surface area contributed by atoms with E-state index < -0.39 is 29.5 Å². The molecule has 3 heterocycles. The predicted molar refractivity (Wildman–Crippen MR) is 97.8 cm³/mol. The van der Waals surface area contributed by atoms with E-state index in [0.717, 1.165) is 28.6 Å². The largest absolute Gasteiger partial charge is 0.416 e. The molecule has 3 atom stereocenters. The van der Waals surface area contributed by atoms with Gasteiger partial charge in [-0.25, -0.2) is 0 Å². The molecule has 2 aromatic carbocycles. The molecule has 0 saturated carbocycles. The molecule has 1 fully saturated rings. The fourth-order valence-corrected chi connectivity index (χ4v) is 4.55. The van der Waals surface area contributed by atoms with Crippen molar-refractivity contribution in [2.24, 2.45) is 5.92 Å². The zero-order valence-corrected chi connectivity index (χ0v) is 15.4. The number of fused-ring (bicyclic) bond motifs is 2. The minimum atomic E-state index is -4.89. The van der Waals surface area contributed by atoms with Crippen LogP contribution in [0.1, 0.15) is 35.4 Å². The molecule has 0 amide bonds. The maximum atomic E-state index is 13.3. The number of aromatic nitrogens is 1. The van der Waals surface area contributed by atoms with Crippen LogP contribution >= 0.6 is 0 Å². The van der Waals surface area contributed by atoms with Gasteiger partial charge in [0.25, 0.3) is 0 Å². The summed E-state index contributed by atoms with van der Waals surface area (Å²) in [5, 5.41) is 3.91. The smallest absolute Gasteiger partial charge is 0.378 e. The third-order valence-electron chi connectivity index (χ3n) is 5.82. The highest BCUT2D eigenvalue weighted by Crippen LogP contribution is 2.49. The summed E-state index contributed by atoms with van der Waals surface area (Å²) in [7, 11) is 0. The fourth-order valence-electron chi connectivity index (χ4n) is 4.55. The molecule has 2 aliphatic rings. The summed E-state index contributed by atoms with van der Waals surface area (Å²) < 4.78 is 87.3. The van der Waals surface area contributed by atoms with Crippen LogP contribution in [0.4, 0.5) is 32.0 Å². The number of halogens is 6. The lowest BCUT2D eigenvalue weighted by atomic mass is 9.86. The van der Waals surface area contributed by atoms with Gasteiger partial charge in [0.15, 0.2) is 0 Å². The lowest BCUT2D eigenvalue weighted by molar-refractivity contribution is -0.143. The molecule has 158 valence electrons. The van der Waals surface area contributed by atoms with Crippen molar-refractivity contribution in [3.63, 3.8) is 0 Å². The number of rotatable bonds is 2. The predicted octanol–water partition coefficient (Wildman–Crippen LogP) is 6.38. The molecule has 0 spiro atoms. The minimum Gasteiger partial charge on any atom is -0.378 e. The Kier molecular flexibility index (Phi) is 4.12. The molecule has 3 aromatic rings. The lowest BCUT2D eigenvalue weighted by Crippen LogP contribution is -2.31. The number of ether oxygens (including phenoxy) is 1. The van der Waals surface area contributed by atoms with E-state index in [4.69, 9.17) is 4.74 Å². The van der Waals surface area contributed by atoms with Gasteiger partial charge in [0.05, 0.1) is 22.7 Å². The van der Waals surface area contributed by atoms with E-state index in [0.29, 0.717) is 13.0 Å². The Labute approximate surface area is 167 Å². The Balaban J connectivity index is 1.62. The molecule has 2 aliphatic heterocycles. The normalized spacial score (nSPS) is 23.6. The Morgan fingerprint density at radius 2 is 1.63 bits per heavy atom. The maximum absolute atomic E-state index is 13.3. The van der Waals surface area contributed by atoms with E-state index in [1.807, 2.05) is 35.0 Å². The van der Waals surface area contributed by atoms with Gasteiger partial charge in [0.2, 0.25) is 0 Å². The summed E-state index contributed by atoms with van der Waals surface area (Å²) >= 11 is 0. The van der Waals surface area contributed by atoms with Crippen LogP contribution in [-0.4, -0.2) is 11.2 Å². The van der Waals surface area contributed by atoms with Crippen LogP contribution in [0.5, 0.6) is 0 Å². The van der Waals surface area contributed by atoms with Gasteiger partial charge < -0.3 is 14.6 Å². The topological polar surface area (TPSA) is 26.2 Å². The molecule has 1 aromatic heterocycles. The zero-order valence-electron chi connectivity index (χ0n) is 15.4. The highest BCUT2D eigenvalue weighted by atomic mass is 19.4. The van der Waals surface area contributed by atoms with Crippen molar-refractivity contribution < 1.29 is 31.1 Å². The van der Waals surface area contributed by atoms with Crippen molar-refractivity contribution in [3.8, 4) is 0 Å². The van der Waals surface area contributed by atoms with Crippen LogP contribution in [-0.2, 0) is 17.1 Å². The number of benzene rings is 2. The lowest BCUT2D eigenvalue weighted by Gasteiger charge is -2.36. The second kappa shape index (κ2) is 6.41. The van der Waals surface area contributed by atoms with Crippen molar-refractivity contribution in [1.82, 2.24) is 4.57 Å². The summed E-state index contributed by atoms with van der Waals surface area (Å²) in [5.41, 5.74) is -1.19. The monoisotopic (exact) mass is 426 g/mol. The summed E-state index contributed by atoms with van der Waals surface area (Å²) in [4.78, 5) is 0. The number of alkyl halides is 6. The average molecular weight is 426 g/mol. The van der Waals surface area contributed by atoms with Crippen molar-refractivity contribution in [1.29, 1.82) is 0 Å². The van der Waals surface area contributed by atoms with Gasteiger partial charge in [0, 0.05) is 29.8 Å². The van der Waals surface area contributed by atoms with E-state index in [1.54, 1.807) is 0 Å². The molecule has 0 unspecified atom stereocenters. The molecule has 1 N–H and O–H groups in total. The first-order valence-corrected chi connectivity index (χ1v) is 9.40. The van der Waals surface area contributed by atoms with E-state index in [2.05, 4.69) is 5.32 Å². The van der Waals surface area contributed by atoms with Gasteiger partial charge in [0.1, 0.15) is 6.23 Å². The van der Waals surface area contributed by atoms with Gasteiger partial charge in [-0.3, -0.25) is 0 Å². The Bertz CT molecular complexity index is 1080. The molecular formula is C21H16F6N2O. The molecule has 0 aliphatic carbocycles. The number of nitrogens with zero attached hydrogens (tertiary/aromatic N) is 1.